The molecule has 4 heteroatoms. The number of allylic oxidation sites excluding steroid dienone is 5. The van der Waals surface area contributed by atoms with E-state index >= 15 is 0 Å². The molecule has 0 atom stereocenters. The second-order valence-electron chi connectivity index (χ2n) is 4.08. The smallest absolute Gasteiger partial charge is 0.161 e. The molecule has 0 heterocycles. The lowest BCUT2D eigenvalue weighted by molar-refractivity contribution is -0.113. The molecule has 0 bridgehead atoms. The number of halogens is 2. The zero-order valence-corrected chi connectivity index (χ0v) is 12.1. The van der Waals surface area contributed by atoms with E-state index in [-0.39, 0.29) is 5.78 Å². The lowest BCUT2D eigenvalue weighted by atomic mass is 10.0. The maximum absolute atomic E-state index is 11.6. The van der Waals surface area contributed by atoms with Crippen LogP contribution in [0, 0.1) is 0 Å². The van der Waals surface area contributed by atoms with Gasteiger partial charge in [0.1, 0.15) is 0 Å². The van der Waals surface area contributed by atoms with Crippen molar-refractivity contribution in [3.8, 4) is 0 Å². The van der Waals surface area contributed by atoms with E-state index in [0.29, 0.717) is 27.7 Å². The molecular formula is C15H15Cl2NO. The Morgan fingerprint density at radius 2 is 2.11 bits per heavy atom. The lowest BCUT2D eigenvalue weighted by Gasteiger charge is -2.06. The molecule has 1 aromatic rings. The highest BCUT2D eigenvalue weighted by Crippen LogP contribution is 2.15. The molecule has 0 radical (unpaired) electrons. The fourth-order valence-electron chi connectivity index (χ4n) is 1.59. The molecule has 19 heavy (non-hydrogen) atoms. The van der Waals surface area contributed by atoms with E-state index in [0.717, 1.165) is 5.56 Å². The largest absolute Gasteiger partial charge is 0.401 e. The Hall–Kier alpha value is -1.51. The predicted molar refractivity (Wildman–Crippen MR) is 81.2 cm³/mol. The number of hydrogen-bond donors (Lipinski definition) is 1. The monoisotopic (exact) mass is 295 g/mol. The van der Waals surface area contributed by atoms with E-state index in [4.69, 9.17) is 28.9 Å². The van der Waals surface area contributed by atoms with Gasteiger partial charge in [0.15, 0.2) is 5.78 Å². The second kappa shape index (κ2) is 7.17. The number of carbonyl (C=O) groups is 1. The Kier molecular flexibility index (Phi) is 5.87. The first kappa shape index (κ1) is 15.5. The number of hydrogen-bond acceptors (Lipinski definition) is 2. The highest BCUT2D eigenvalue weighted by atomic mass is 35.5. The average Bonchev–Trinajstić information content (AvgIpc) is 2.28. The van der Waals surface area contributed by atoms with E-state index in [1.165, 1.54) is 6.92 Å². The number of ketones is 1. The first-order chi connectivity index (χ1) is 8.90. The van der Waals surface area contributed by atoms with Crippen molar-refractivity contribution in [1.29, 1.82) is 0 Å². The van der Waals surface area contributed by atoms with Gasteiger partial charge in [0.05, 0.1) is 0 Å². The topological polar surface area (TPSA) is 43.1 Å². The fourth-order valence-corrected chi connectivity index (χ4v) is 1.86. The van der Waals surface area contributed by atoms with Gasteiger partial charge < -0.3 is 5.73 Å². The molecule has 1 aromatic carbocycles. The minimum Gasteiger partial charge on any atom is -0.401 e. The third-order valence-electron chi connectivity index (χ3n) is 2.44. The summed E-state index contributed by atoms with van der Waals surface area (Å²) in [6.07, 6.45) is 3.58. The van der Waals surface area contributed by atoms with E-state index in [9.17, 15) is 4.79 Å². The molecule has 0 fully saturated rings. The van der Waals surface area contributed by atoms with E-state index < -0.39 is 0 Å². The maximum atomic E-state index is 11.6. The van der Waals surface area contributed by atoms with E-state index in [2.05, 4.69) is 6.58 Å². The molecule has 0 aliphatic rings. The molecule has 0 aliphatic heterocycles. The van der Waals surface area contributed by atoms with Crippen LogP contribution in [-0.4, -0.2) is 5.78 Å². The van der Waals surface area contributed by atoms with Gasteiger partial charge in [-0.1, -0.05) is 41.9 Å². The average molecular weight is 296 g/mol. The molecule has 0 saturated heterocycles. The van der Waals surface area contributed by atoms with Gasteiger partial charge >= 0.3 is 0 Å². The lowest BCUT2D eigenvalue weighted by Crippen LogP contribution is -2.09. The van der Waals surface area contributed by atoms with Crippen molar-refractivity contribution in [2.75, 3.05) is 0 Å². The molecule has 100 valence electrons. The Labute approximate surface area is 123 Å². The molecule has 2 nitrogen and oxygen atoms in total. The molecule has 0 aromatic heterocycles. The number of carbonyl (C=O) groups excluding carboxylic acids is 1. The molecule has 0 aliphatic carbocycles. The highest BCUT2D eigenvalue weighted by molar-refractivity contribution is 6.31. The van der Waals surface area contributed by atoms with Crippen molar-refractivity contribution in [1.82, 2.24) is 0 Å². The van der Waals surface area contributed by atoms with Gasteiger partial charge in [-0.15, -0.1) is 0 Å². The summed E-state index contributed by atoms with van der Waals surface area (Å²) in [4.78, 5) is 11.6. The summed E-state index contributed by atoms with van der Waals surface area (Å²) in [6, 6.07) is 7.35. The number of rotatable bonds is 5. The maximum Gasteiger partial charge on any atom is 0.161 e. The summed E-state index contributed by atoms with van der Waals surface area (Å²) in [5.74, 6) is -0.117. The van der Waals surface area contributed by atoms with Crippen LogP contribution in [0.5, 0.6) is 0 Å². The third kappa shape index (κ3) is 5.33. The van der Waals surface area contributed by atoms with Crippen LogP contribution in [0.25, 0.3) is 0 Å². The summed E-state index contributed by atoms with van der Waals surface area (Å²) in [7, 11) is 0. The Morgan fingerprint density at radius 1 is 1.42 bits per heavy atom. The van der Waals surface area contributed by atoms with Gasteiger partial charge in [0.25, 0.3) is 0 Å². The molecule has 0 saturated carbocycles. The van der Waals surface area contributed by atoms with Crippen molar-refractivity contribution in [2.45, 2.75) is 13.3 Å². The van der Waals surface area contributed by atoms with Gasteiger partial charge in [0.2, 0.25) is 0 Å². The van der Waals surface area contributed by atoms with Crippen LogP contribution in [0.2, 0.25) is 5.02 Å². The standard InChI is InChI=1S/C15H15Cl2NO/c1-10(16)6-7-14(11(2)19)15(18)9-12-4-3-5-13(17)8-12/h3-8H,1,9,18H2,2H3/b7-6-,15-14?. The normalized spacial score (nSPS) is 12.4. The van der Waals surface area contributed by atoms with Crippen molar-refractivity contribution in [3.05, 3.63) is 69.9 Å². The predicted octanol–water partition coefficient (Wildman–Crippen LogP) is 3.99. The quantitative estimate of drug-likeness (QED) is 0.659. The zero-order valence-electron chi connectivity index (χ0n) is 10.6. The van der Waals surface area contributed by atoms with Gasteiger partial charge in [-0.3, -0.25) is 4.79 Å². The van der Waals surface area contributed by atoms with Gasteiger partial charge in [-0.25, -0.2) is 0 Å². The van der Waals surface area contributed by atoms with Crippen LogP contribution >= 0.6 is 23.2 Å². The number of Topliss-reactive ketones (excluding diaryl/α,β-unsaturated/α-hetero) is 1. The first-order valence-corrected chi connectivity index (χ1v) is 6.42. The van der Waals surface area contributed by atoms with Gasteiger partial charge in [0, 0.05) is 27.7 Å². The van der Waals surface area contributed by atoms with Crippen LogP contribution in [0.4, 0.5) is 0 Å². The van der Waals surface area contributed by atoms with Crippen molar-refractivity contribution in [2.24, 2.45) is 5.73 Å². The highest BCUT2D eigenvalue weighted by Gasteiger charge is 2.07. The van der Waals surface area contributed by atoms with Gasteiger partial charge in [-0.05, 0) is 36.8 Å². The Balaban J connectivity index is 3.03. The van der Waals surface area contributed by atoms with Crippen molar-refractivity contribution >= 4 is 29.0 Å². The van der Waals surface area contributed by atoms with E-state index in [1.54, 1.807) is 18.2 Å². The van der Waals surface area contributed by atoms with Gasteiger partial charge in [-0.2, -0.15) is 0 Å². The van der Waals surface area contributed by atoms with Crippen molar-refractivity contribution < 1.29 is 4.79 Å². The van der Waals surface area contributed by atoms with Crippen LogP contribution in [0.15, 0.2) is 59.3 Å². The SMILES string of the molecule is C=C(Cl)/C=C\C(C(C)=O)=C(N)Cc1cccc(Cl)c1. The first-order valence-electron chi connectivity index (χ1n) is 5.66. The minimum absolute atomic E-state index is 0.117. The summed E-state index contributed by atoms with van der Waals surface area (Å²) >= 11 is 11.5. The molecule has 0 spiro atoms. The molecule has 0 unspecified atom stereocenters. The summed E-state index contributed by atoms with van der Waals surface area (Å²) in [5, 5.41) is 0.980. The summed E-state index contributed by atoms with van der Waals surface area (Å²) in [6.45, 7) is 4.99. The second-order valence-corrected chi connectivity index (χ2v) is 5.00. The Bertz CT molecular complexity index is 559. The molecular weight excluding hydrogens is 281 g/mol. The molecule has 0 amide bonds. The number of benzene rings is 1. The third-order valence-corrected chi connectivity index (χ3v) is 2.80. The summed E-state index contributed by atoms with van der Waals surface area (Å²) < 4.78 is 0. The minimum atomic E-state index is -0.117. The Morgan fingerprint density at radius 3 is 2.63 bits per heavy atom. The number of nitrogens with two attached hydrogens (primary N) is 1. The fraction of sp³-hybridized carbons (Fsp3) is 0.133. The molecule has 1 rings (SSSR count). The molecule has 2 N–H and O–H groups in total. The van der Waals surface area contributed by atoms with Crippen LogP contribution < -0.4 is 5.73 Å². The van der Waals surface area contributed by atoms with Crippen LogP contribution in [-0.2, 0) is 11.2 Å². The summed E-state index contributed by atoms with van der Waals surface area (Å²) in [5.41, 5.74) is 7.83. The van der Waals surface area contributed by atoms with Crippen LogP contribution in [0.3, 0.4) is 0 Å². The van der Waals surface area contributed by atoms with E-state index in [1.807, 2.05) is 18.2 Å². The van der Waals surface area contributed by atoms with Crippen molar-refractivity contribution in [3.63, 3.8) is 0 Å². The zero-order chi connectivity index (χ0) is 14.4. The van der Waals surface area contributed by atoms with Crippen LogP contribution in [0.1, 0.15) is 12.5 Å².